The van der Waals surface area contributed by atoms with Crippen LogP contribution in [0.5, 0.6) is 0 Å². The van der Waals surface area contributed by atoms with E-state index in [1.807, 2.05) is 17.8 Å². The summed E-state index contributed by atoms with van der Waals surface area (Å²) in [6.07, 6.45) is 4.36. The van der Waals surface area contributed by atoms with Gasteiger partial charge in [-0.2, -0.15) is 11.8 Å². The predicted octanol–water partition coefficient (Wildman–Crippen LogP) is 3.63. The van der Waals surface area contributed by atoms with Gasteiger partial charge in [-0.3, -0.25) is 0 Å². The van der Waals surface area contributed by atoms with Gasteiger partial charge < -0.3 is 14.9 Å². The molecule has 0 saturated carbocycles. The van der Waals surface area contributed by atoms with Crippen LogP contribution in [0.3, 0.4) is 0 Å². The molecule has 0 amide bonds. The first kappa shape index (κ1) is 13.8. The number of nitrogens with two attached hydrogens (primary N) is 1. The Balaban J connectivity index is 1.70. The maximum Gasteiger partial charge on any atom is 0.193 e. The van der Waals surface area contributed by atoms with E-state index in [0.29, 0.717) is 11.1 Å². The van der Waals surface area contributed by atoms with Crippen LogP contribution in [0.1, 0.15) is 37.5 Å². The number of hydrogen-bond acceptors (Lipinski definition) is 4. The molecule has 0 radical (unpaired) electrons. The monoisotopic (exact) mass is 301 g/mol. The van der Waals surface area contributed by atoms with E-state index in [2.05, 4.69) is 0 Å². The van der Waals surface area contributed by atoms with Crippen LogP contribution in [-0.4, -0.2) is 23.7 Å². The summed E-state index contributed by atoms with van der Waals surface area (Å²) in [4.78, 5) is 0. The molecule has 2 unspecified atom stereocenters. The minimum Gasteiger partial charge on any atom is -0.448 e. The van der Waals surface area contributed by atoms with Gasteiger partial charge in [0.1, 0.15) is 5.76 Å². The Hall–Kier alpha value is -0.160. The minimum absolute atomic E-state index is 0.0668. The van der Waals surface area contributed by atoms with Gasteiger partial charge in [-0.25, -0.2) is 0 Å². The molecule has 5 heteroatoms. The Morgan fingerprint density at radius 3 is 2.84 bits per heavy atom. The van der Waals surface area contributed by atoms with Crippen molar-refractivity contribution in [1.29, 1.82) is 0 Å². The minimum atomic E-state index is -0.0668. The molecule has 2 saturated heterocycles. The topological polar surface area (TPSA) is 48.4 Å². The number of halogens is 1. The second-order valence-corrected chi connectivity index (χ2v) is 7.16. The molecule has 2 atom stereocenters. The van der Waals surface area contributed by atoms with Crippen molar-refractivity contribution >= 4 is 23.4 Å². The van der Waals surface area contributed by atoms with Gasteiger partial charge in [-0.05, 0) is 66.8 Å². The van der Waals surface area contributed by atoms with E-state index in [9.17, 15) is 0 Å². The third-order valence-corrected chi connectivity index (χ3v) is 5.55. The Labute approximate surface area is 123 Å². The van der Waals surface area contributed by atoms with Gasteiger partial charge in [-0.1, -0.05) is 0 Å². The van der Waals surface area contributed by atoms with Gasteiger partial charge in [0.25, 0.3) is 0 Å². The molecule has 3 nitrogen and oxygen atoms in total. The van der Waals surface area contributed by atoms with Crippen molar-refractivity contribution < 1.29 is 9.15 Å². The molecule has 0 aliphatic carbocycles. The highest BCUT2D eigenvalue weighted by Gasteiger charge is 2.41. The Morgan fingerprint density at radius 2 is 2.16 bits per heavy atom. The molecule has 2 fully saturated rings. The quantitative estimate of drug-likeness (QED) is 0.906. The number of thioether (sulfide) groups is 1. The molecule has 3 rings (SSSR count). The highest BCUT2D eigenvalue weighted by Crippen LogP contribution is 2.43. The van der Waals surface area contributed by atoms with Crippen LogP contribution >= 0.6 is 23.4 Å². The maximum atomic E-state index is 6.36. The number of rotatable bonds is 2. The maximum absolute atomic E-state index is 6.36. The average Bonchev–Trinajstić information content (AvgIpc) is 2.85. The molecule has 3 heterocycles. The van der Waals surface area contributed by atoms with Crippen LogP contribution in [0, 0.1) is 5.92 Å². The van der Waals surface area contributed by atoms with Gasteiger partial charge in [-0.15, -0.1) is 0 Å². The molecular weight excluding hydrogens is 282 g/mol. The normalized spacial score (nSPS) is 28.4. The van der Waals surface area contributed by atoms with Crippen molar-refractivity contribution in [3.05, 3.63) is 23.1 Å². The third kappa shape index (κ3) is 2.97. The van der Waals surface area contributed by atoms with Gasteiger partial charge in [0.2, 0.25) is 0 Å². The molecule has 1 spiro atoms. The zero-order valence-corrected chi connectivity index (χ0v) is 12.5. The molecular formula is C14H20ClNO2S. The lowest BCUT2D eigenvalue weighted by molar-refractivity contribution is -0.106. The molecule has 2 aliphatic heterocycles. The lowest BCUT2D eigenvalue weighted by Crippen LogP contribution is -2.45. The second-order valence-electron chi connectivity index (χ2n) is 5.56. The lowest BCUT2D eigenvalue weighted by atomic mass is 9.78. The van der Waals surface area contributed by atoms with Crippen molar-refractivity contribution in [3.63, 3.8) is 0 Å². The summed E-state index contributed by atoms with van der Waals surface area (Å²) in [6.45, 7) is 0.817. The van der Waals surface area contributed by atoms with Crippen LogP contribution in [-0.2, 0) is 4.74 Å². The molecule has 106 valence electrons. The summed E-state index contributed by atoms with van der Waals surface area (Å²) in [7, 11) is 0. The molecule has 1 aromatic rings. The zero-order chi connectivity index (χ0) is 13.3. The van der Waals surface area contributed by atoms with Gasteiger partial charge in [0.05, 0.1) is 11.6 Å². The van der Waals surface area contributed by atoms with E-state index in [0.717, 1.165) is 38.1 Å². The number of hydrogen-bond donors (Lipinski definition) is 1. The van der Waals surface area contributed by atoms with Crippen molar-refractivity contribution in [2.45, 2.75) is 37.3 Å². The summed E-state index contributed by atoms with van der Waals surface area (Å²) < 4.78 is 11.6. The molecule has 19 heavy (non-hydrogen) atoms. The van der Waals surface area contributed by atoms with E-state index in [1.54, 1.807) is 6.07 Å². The van der Waals surface area contributed by atoms with E-state index in [4.69, 9.17) is 26.5 Å². The summed E-state index contributed by atoms with van der Waals surface area (Å²) in [5.74, 6) is 3.64. The molecule has 2 N–H and O–H groups in total. The highest BCUT2D eigenvalue weighted by molar-refractivity contribution is 7.99. The van der Waals surface area contributed by atoms with Crippen LogP contribution in [0.4, 0.5) is 0 Å². The Kier molecular flexibility index (Phi) is 4.13. The molecule has 1 aromatic heterocycles. The van der Waals surface area contributed by atoms with Crippen molar-refractivity contribution in [1.82, 2.24) is 0 Å². The van der Waals surface area contributed by atoms with Crippen molar-refractivity contribution in [2.24, 2.45) is 11.7 Å². The number of ether oxygens (including phenoxy) is 1. The predicted molar refractivity (Wildman–Crippen MR) is 78.6 cm³/mol. The fourth-order valence-electron chi connectivity index (χ4n) is 3.20. The molecule has 0 bridgehead atoms. The van der Waals surface area contributed by atoms with Crippen LogP contribution < -0.4 is 5.73 Å². The van der Waals surface area contributed by atoms with E-state index in [1.165, 1.54) is 11.5 Å². The first-order chi connectivity index (χ1) is 9.19. The van der Waals surface area contributed by atoms with Crippen LogP contribution in [0.25, 0.3) is 0 Å². The van der Waals surface area contributed by atoms with Crippen molar-refractivity contribution in [2.75, 3.05) is 18.1 Å². The van der Waals surface area contributed by atoms with Crippen LogP contribution in [0.15, 0.2) is 16.5 Å². The zero-order valence-electron chi connectivity index (χ0n) is 10.9. The summed E-state index contributed by atoms with van der Waals surface area (Å²) in [6, 6.07) is 3.59. The lowest BCUT2D eigenvalue weighted by Gasteiger charge is -2.44. The SMILES string of the molecule is NC(c1ccc(Cl)o1)C1CCOC2(CCSCC2)C1. The van der Waals surface area contributed by atoms with Crippen LogP contribution in [0.2, 0.25) is 5.22 Å². The molecule has 0 aromatic carbocycles. The van der Waals surface area contributed by atoms with E-state index >= 15 is 0 Å². The largest absolute Gasteiger partial charge is 0.448 e. The summed E-state index contributed by atoms with van der Waals surface area (Å²) >= 11 is 7.86. The highest BCUT2D eigenvalue weighted by atomic mass is 35.5. The molecule has 2 aliphatic rings. The first-order valence-electron chi connectivity index (χ1n) is 6.91. The van der Waals surface area contributed by atoms with Gasteiger partial charge in [0, 0.05) is 6.61 Å². The third-order valence-electron chi connectivity index (χ3n) is 4.37. The smallest absolute Gasteiger partial charge is 0.193 e. The average molecular weight is 302 g/mol. The summed E-state index contributed by atoms with van der Waals surface area (Å²) in [5, 5.41) is 0.418. The Bertz CT molecular complexity index is 425. The van der Waals surface area contributed by atoms with Gasteiger partial charge in [0.15, 0.2) is 5.22 Å². The summed E-state index contributed by atoms with van der Waals surface area (Å²) in [5.41, 5.74) is 6.43. The second kappa shape index (κ2) is 5.68. The standard InChI is InChI=1S/C14H20ClNO2S/c15-12-2-1-11(18-12)13(16)10-3-6-17-14(9-10)4-7-19-8-5-14/h1-2,10,13H,3-9,16H2. The van der Waals surface area contributed by atoms with E-state index in [-0.39, 0.29) is 11.6 Å². The number of furan rings is 1. The Morgan fingerprint density at radius 1 is 1.37 bits per heavy atom. The fourth-order valence-corrected chi connectivity index (χ4v) is 4.59. The first-order valence-corrected chi connectivity index (χ1v) is 8.44. The van der Waals surface area contributed by atoms with E-state index < -0.39 is 0 Å². The fraction of sp³-hybridized carbons (Fsp3) is 0.714. The van der Waals surface area contributed by atoms with Gasteiger partial charge >= 0.3 is 0 Å². The van der Waals surface area contributed by atoms with Crippen molar-refractivity contribution in [3.8, 4) is 0 Å².